The molecule has 5 heteroatoms. The molecule has 0 saturated carbocycles. The summed E-state index contributed by atoms with van der Waals surface area (Å²) in [6.45, 7) is 4.47. The van der Waals surface area contributed by atoms with Crippen LogP contribution in [0.5, 0.6) is 0 Å². The lowest BCUT2D eigenvalue weighted by Gasteiger charge is -2.16. The van der Waals surface area contributed by atoms with E-state index in [1.807, 2.05) is 30.3 Å². The number of aromatic nitrogens is 2. The highest BCUT2D eigenvalue weighted by Gasteiger charge is 2.13. The lowest BCUT2D eigenvalue weighted by atomic mass is 9.96. The van der Waals surface area contributed by atoms with Crippen molar-refractivity contribution < 1.29 is 9.21 Å². The van der Waals surface area contributed by atoms with Gasteiger partial charge < -0.3 is 9.73 Å². The fourth-order valence-electron chi connectivity index (χ4n) is 2.75. The second kappa shape index (κ2) is 7.75. The van der Waals surface area contributed by atoms with Gasteiger partial charge in [-0.1, -0.05) is 43.3 Å². The molecular weight excluding hydrogens is 314 g/mol. The molecule has 0 spiro atoms. The minimum Gasteiger partial charge on any atom is -0.421 e. The Morgan fingerprint density at radius 1 is 1.12 bits per heavy atom. The Kier molecular flexibility index (Phi) is 5.23. The van der Waals surface area contributed by atoms with Gasteiger partial charge in [-0.2, -0.15) is 0 Å². The fraction of sp³-hybridized carbons (Fsp3) is 0.250. The largest absolute Gasteiger partial charge is 0.421 e. The van der Waals surface area contributed by atoms with E-state index in [1.54, 1.807) is 19.1 Å². The maximum absolute atomic E-state index is 12.5. The molecule has 0 radical (unpaired) electrons. The van der Waals surface area contributed by atoms with Crippen molar-refractivity contribution in [3.63, 3.8) is 0 Å². The Labute approximate surface area is 147 Å². The number of amides is 1. The fourth-order valence-corrected chi connectivity index (χ4v) is 2.75. The van der Waals surface area contributed by atoms with Gasteiger partial charge in [-0.15, -0.1) is 10.2 Å². The summed E-state index contributed by atoms with van der Waals surface area (Å²) in [4.78, 5) is 12.5. The van der Waals surface area contributed by atoms with Crippen LogP contribution in [-0.4, -0.2) is 22.6 Å². The highest BCUT2D eigenvalue weighted by molar-refractivity contribution is 5.95. The summed E-state index contributed by atoms with van der Waals surface area (Å²) in [6, 6.07) is 17.5. The zero-order valence-corrected chi connectivity index (χ0v) is 14.4. The average molecular weight is 335 g/mol. The summed E-state index contributed by atoms with van der Waals surface area (Å²) in [7, 11) is 0. The van der Waals surface area contributed by atoms with Gasteiger partial charge in [-0.3, -0.25) is 4.79 Å². The highest BCUT2D eigenvalue weighted by atomic mass is 16.4. The van der Waals surface area contributed by atoms with Gasteiger partial charge >= 0.3 is 0 Å². The topological polar surface area (TPSA) is 68.0 Å². The van der Waals surface area contributed by atoms with E-state index >= 15 is 0 Å². The molecule has 1 aromatic heterocycles. The first-order valence-corrected chi connectivity index (χ1v) is 8.41. The molecule has 0 aliphatic heterocycles. The minimum atomic E-state index is -0.104. The number of benzene rings is 2. The van der Waals surface area contributed by atoms with Crippen molar-refractivity contribution >= 4 is 5.91 Å². The van der Waals surface area contributed by atoms with Gasteiger partial charge in [-0.05, 0) is 30.2 Å². The Morgan fingerprint density at radius 3 is 2.60 bits per heavy atom. The number of hydrogen-bond acceptors (Lipinski definition) is 4. The molecule has 0 unspecified atom stereocenters. The van der Waals surface area contributed by atoms with E-state index in [9.17, 15) is 4.79 Å². The summed E-state index contributed by atoms with van der Waals surface area (Å²) in [5.74, 6) is 1.11. The van der Waals surface area contributed by atoms with Gasteiger partial charge in [0.05, 0.1) is 0 Å². The summed E-state index contributed by atoms with van der Waals surface area (Å²) in [5.41, 5.74) is 2.56. The van der Waals surface area contributed by atoms with E-state index in [-0.39, 0.29) is 5.91 Å². The Morgan fingerprint density at radius 2 is 1.92 bits per heavy atom. The van der Waals surface area contributed by atoms with Crippen LogP contribution >= 0.6 is 0 Å². The van der Waals surface area contributed by atoms with Gasteiger partial charge in [0, 0.05) is 30.5 Å². The Bertz CT molecular complexity index is 843. The van der Waals surface area contributed by atoms with Crippen LogP contribution < -0.4 is 5.32 Å². The van der Waals surface area contributed by atoms with Gasteiger partial charge in [0.1, 0.15) is 0 Å². The zero-order valence-electron chi connectivity index (χ0n) is 14.4. The van der Waals surface area contributed by atoms with Crippen LogP contribution in [0.2, 0.25) is 0 Å². The molecule has 0 aliphatic rings. The SMILES string of the molecule is CC[C@H](CNC(=O)c1cccc(-c2nnc(C)o2)c1)c1ccccc1. The first-order chi connectivity index (χ1) is 12.2. The molecule has 2 aromatic carbocycles. The third kappa shape index (κ3) is 4.12. The minimum absolute atomic E-state index is 0.104. The van der Waals surface area contributed by atoms with Gasteiger partial charge in [0.25, 0.3) is 5.91 Å². The first-order valence-electron chi connectivity index (χ1n) is 8.41. The molecule has 128 valence electrons. The monoisotopic (exact) mass is 335 g/mol. The van der Waals surface area contributed by atoms with Gasteiger partial charge in [0.2, 0.25) is 11.8 Å². The molecular formula is C20H21N3O2. The standard InChI is InChI=1S/C20H21N3O2/c1-3-15(16-8-5-4-6-9-16)13-21-19(24)17-10-7-11-18(12-17)20-23-22-14(2)25-20/h4-12,15H,3,13H2,1-2H3,(H,21,24)/t15-/m1/s1. The Hall–Kier alpha value is -2.95. The predicted octanol–water partition coefficient (Wildman–Crippen LogP) is 3.97. The summed E-state index contributed by atoms with van der Waals surface area (Å²) in [5, 5.41) is 10.8. The smallest absolute Gasteiger partial charge is 0.251 e. The maximum Gasteiger partial charge on any atom is 0.251 e. The van der Waals surface area contributed by atoms with E-state index in [1.165, 1.54) is 5.56 Å². The van der Waals surface area contributed by atoms with Crippen LogP contribution in [0.25, 0.3) is 11.5 Å². The Balaban J connectivity index is 1.69. The molecule has 1 amide bonds. The molecule has 1 N–H and O–H groups in total. The van der Waals surface area contributed by atoms with Gasteiger partial charge in [0.15, 0.2) is 0 Å². The number of nitrogens with one attached hydrogen (secondary N) is 1. The number of aryl methyl sites for hydroxylation is 1. The van der Waals surface area contributed by atoms with Gasteiger partial charge in [-0.25, -0.2) is 0 Å². The molecule has 0 aliphatic carbocycles. The molecule has 1 atom stereocenters. The van der Waals surface area contributed by atoms with Crippen molar-refractivity contribution in [1.82, 2.24) is 15.5 Å². The number of carbonyl (C=O) groups is 1. The van der Waals surface area contributed by atoms with Crippen molar-refractivity contribution in [3.8, 4) is 11.5 Å². The summed E-state index contributed by atoms with van der Waals surface area (Å²) >= 11 is 0. The molecule has 0 bridgehead atoms. The lowest BCUT2D eigenvalue weighted by Crippen LogP contribution is -2.28. The zero-order chi connectivity index (χ0) is 17.6. The predicted molar refractivity (Wildman–Crippen MR) is 96.3 cm³/mol. The van der Waals surface area contributed by atoms with Crippen LogP contribution in [0, 0.1) is 6.92 Å². The third-order valence-corrected chi connectivity index (χ3v) is 4.17. The van der Waals surface area contributed by atoms with Crippen molar-refractivity contribution in [1.29, 1.82) is 0 Å². The number of rotatable bonds is 6. The van der Waals surface area contributed by atoms with Crippen molar-refractivity contribution in [3.05, 3.63) is 71.6 Å². The van der Waals surface area contributed by atoms with Crippen molar-refractivity contribution in [2.75, 3.05) is 6.54 Å². The molecule has 3 aromatic rings. The lowest BCUT2D eigenvalue weighted by molar-refractivity contribution is 0.0951. The summed E-state index contributed by atoms with van der Waals surface area (Å²) < 4.78 is 5.42. The van der Waals surface area contributed by atoms with Crippen molar-refractivity contribution in [2.45, 2.75) is 26.2 Å². The average Bonchev–Trinajstić information content (AvgIpc) is 3.09. The van der Waals surface area contributed by atoms with E-state index < -0.39 is 0 Å². The van der Waals surface area contributed by atoms with Crippen LogP contribution in [0.15, 0.2) is 59.0 Å². The molecule has 0 saturated heterocycles. The van der Waals surface area contributed by atoms with Crippen molar-refractivity contribution in [2.24, 2.45) is 0 Å². The number of nitrogens with zero attached hydrogens (tertiary/aromatic N) is 2. The maximum atomic E-state index is 12.5. The number of hydrogen-bond donors (Lipinski definition) is 1. The second-order valence-corrected chi connectivity index (χ2v) is 5.93. The molecule has 0 fully saturated rings. The quantitative estimate of drug-likeness (QED) is 0.740. The van der Waals surface area contributed by atoms with E-state index in [0.717, 1.165) is 12.0 Å². The molecule has 25 heavy (non-hydrogen) atoms. The molecule has 3 rings (SSSR count). The van der Waals surface area contributed by atoms with Crippen LogP contribution in [-0.2, 0) is 0 Å². The van der Waals surface area contributed by atoms with Crippen LogP contribution in [0.3, 0.4) is 0 Å². The first kappa shape index (κ1) is 16.9. The van der Waals surface area contributed by atoms with E-state index in [2.05, 4.69) is 34.6 Å². The molecule has 5 nitrogen and oxygen atoms in total. The van der Waals surface area contributed by atoms with E-state index in [0.29, 0.717) is 29.8 Å². The van der Waals surface area contributed by atoms with E-state index in [4.69, 9.17) is 4.42 Å². The molecule has 1 heterocycles. The second-order valence-electron chi connectivity index (χ2n) is 5.93. The van der Waals surface area contributed by atoms with Crippen LogP contribution in [0.4, 0.5) is 0 Å². The van der Waals surface area contributed by atoms with Crippen LogP contribution in [0.1, 0.15) is 41.1 Å². The summed E-state index contributed by atoms with van der Waals surface area (Å²) in [6.07, 6.45) is 0.964. The normalized spacial score (nSPS) is 11.9. The number of carbonyl (C=O) groups excluding carboxylic acids is 1. The third-order valence-electron chi connectivity index (χ3n) is 4.17. The highest BCUT2D eigenvalue weighted by Crippen LogP contribution is 2.20.